The topological polar surface area (TPSA) is 85.1 Å². The summed E-state index contributed by atoms with van der Waals surface area (Å²) >= 11 is 2.76. The number of anilines is 2. The van der Waals surface area contributed by atoms with Crippen molar-refractivity contribution in [2.24, 2.45) is 7.05 Å². The normalized spacial score (nSPS) is 11.7. The van der Waals surface area contributed by atoms with Crippen LogP contribution in [0.3, 0.4) is 0 Å². The first-order chi connectivity index (χ1) is 16.3. The molecule has 0 spiro atoms. The summed E-state index contributed by atoms with van der Waals surface area (Å²) in [6, 6.07) is 20.2. The highest BCUT2D eigenvalue weighted by atomic mass is 32.2. The molecule has 34 heavy (non-hydrogen) atoms. The molecule has 2 heterocycles. The van der Waals surface area contributed by atoms with Gasteiger partial charge in [0.2, 0.25) is 5.91 Å². The van der Waals surface area contributed by atoms with Gasteiger partial charge in [-0.3, -0.25) is 19.1 Å². The number of nitrogens with one attached hydrogen (secondary N) is 2. The van der Waals surface area contributed by atoms with Gasteiger partial charge in [-0.15, -0.1) is 23.1 Å². The average Bonchev–Trinajstić information content (AvgIpc) is 3.45. The fourth-order valence-corrected chi connectivity index (χ4v) is 4.90. The molecule has 2 aromatic heterocycles. The molecule has 0 fully saturated rings. The van der Waals surface area contributed by atoms with E-state index in [1.165, 1.54) is 27.8 Å². The lowest BCUT2D eigenvalue weighted by Crippen LogP contribution is -2.27. The molecule has 174 valence electrons. The number of rotatable bonds is 7. The quantitative estimate of drug-likeness (QED) is 0.359. The maximum atomic E-state index is 13.0. The Morgan fingerprint density at radius 2 is 1.68 bits per heavy atom. The molecule has 1 atom stereocenters. The predicted molar refractivity (Wildman–Crippen MR) is 138 cm³/mol. The van der Waals surface area contributed by atoms with Gasteiger partial charge < -0.3 is 10.6 Å². The van der Waals surface area contributed by atoms with E-state index in [9.17, 15) is 14.4 Å². The van der Waals surface area contributed by atoms with Crippen LogP contribution in [0, 0.1) is 6.92 Å². The molecule has 7 nitrogen and oxygen atoms in total. The van der Waals surface area contributed by atoms with E-state index in [1.54, 1.807) is 43.8 Å². The Bertz CT molecular complexity index is 1360. The van der Waals surface area contributed by atoms with E-state index >= 15 is 0 Å². The smallest absolute Gasteiger partial charge is 0.295 e. The van der Waals surface area contributed by atoms with Gasteiger partial charge >= 0.3 is 0 Å². The summed E-state index contributed by atoms with van der Waals surface area (Å²) in [7, 11) is 1.79. The van der Waals surface area contributed by atoms with Gasteiger partial charge in [-0.25, -0.2) is 4.68 Å². The lowest BCUT2D eigenvalue weighted by molar-refractivity contribution is -0.115. The molecule has 4 aromatic rings. The Balaban J connectivity index is 1.42. The van der Waals surface area contributed by atoms with Crippen LogP contribution in [0.1, 0.15) is 22.3 Å². The number of nitrogens with zero attached hydrogens (tertiary/aromatic N) is 2. The number of benzene rings is 2. The van der Waals surface area contributed by atoms with Crippen molar-refractivity contribution in [1.29, 1.82) is 0 Å². The lowest BCUT2D eigenvalue weighted by atomic mass is 10.3. The largest absolute Gasteiger partial charge is 0.321 e. The van der Waals surface area contributed by atoms with Crippen molar-refractivity contribution in [2.45, 2.75) is 24.0 Å². The van der Waals surface area contributed by atoms with Crippen LogP contribution in [0.2, 0.25) is 0 Å². The standard InChI is InChI=1S/C25H24N4O3S2/c1-16-22(25(32)29(28(16)3)19-8-5-4-6-9-19)27-23(30)17(2)34-20-13-11-18(12-14-20)26-24(31)21-10-7-15-33-21/h4-15,17H,1-3H3,(H,26,31)(H,27,30). The second kappa shape index (κ2) is 10.1. The SMILES string of the molecule is Cc1c(NC(=O)C(C)Sc2ccc(NC(=O)c3cccs3)cc2)c(=O)n(-c2ccccc2)n1C. The molecule has 0 aliphatic heterocycles. The first-order valence-corrected chi connectivity index (χ1v) is 12.4. The van der Waals surface area contributed by atoms with Gasteiger partial charge in [0.1, 0.15) is 5.69 Å². The predicted octanol–water partition coefficient (Wildman–Crippen LogP) is 4.92. The highest BCUT2D eigenvalue weighted by molar-refractivity contribution is 8.00. The van der Waals surface area contributed by atoms with E-state index in [1.807, 2.05) is 53.9 Å². The molecule has 9 heteroatoms. The molecule has 0 aliphatic carbocycles. The third-order valence-electron chi connectivity index (χ3n) is 5.34. The molecule has 0 bridgehead atoms. The molecule has 2 aromatic carbocycles. The van der Waals surface area contributed by atoms with Gasteiger partial charge in [-0.2, -0.15) is 0 Å². The zero-order valence-corrected chi connectivity index (χ0v) is 20.6. The number of hydrogen-bond acceptors (Lipinski definition) is 5. The Kier molecular flexibility index (Phi) is 7.04. The highest BCUT2D eigenvalue weighted by Gasteiger charge is 2.21. The van der Waals surface area contributed by atoms with Crippen LogP contribution in [-0.2, 0) is 11.8 Å². The summed E-state index contributed by atoms with van der Waals surface area (Å²) < 4.78 is 3.26. The third kappa shape index (κ3) is 5.00. The third-order valence-corrected chi connectivity index (χ3v) is 7.32. The molecule has 0 saturated heterocycles. The monoisotopic (exact) mass is 492 g/mol. The molecule has 0 radical (unpaired) electrons. The maximum Gasteiger partial charge on any atom is 0.295 e. The van der Waals surface area contributed by atoms with Gasteiger partial charge in [0.15, 0.2) is 0 Å². The molecule has 0 saturated carbocycles. The van der Waals surface area contributed by atoms with E-state index in [0.29, 0.717) is 16.3 Å². The van der Waals surface area contributed by atoms with Crippen molar-refractivity contribution < 1.29 is 9.59 Å². The van der Waals surface area contributed by atoms with Crippen LogP contribution < -0.4 is 16.2 Å². The second-order valence-corrected chi connectivity index (χ2v) is 10.0. The number of hydrogen-bond donors (Lipinski definition) is 2. The minimum absolute atomic E-state index is 0.150. The fourth-order valence-electron chi connectivity index (χ4n) is 3.41. The fraction of sp³-hybridized carbons (Fsp3) is 0.160. The van der Waals surface area contributed by atoms with Crippen molar-refractivity contribution in [3.8, 4) is 5.69 Å². The van der Waals surface area contributed by atoms with Crippen molar-refractivity contribution >= 4 is 46.3 Å². The van der Waals surface area contributed by atoms with Crippen LogP contribution in [0.4, 0.5) is 11.4 Å². The zero-order valence-electron chi connectivity index (χ0n) is 18.9. The number of para-hydroxylation sites is 1. The van der Waals surface area contributed by atoms with Gasteiger partial charge in [-0.05, 0) is 61.7 Å². The Hall–Kier alpha value is -3.56. The molecule has 4 rings (SSSR count). The van der Waals surface area contributed by atoms with Gasteiger partial charge in [0.05, 0.1) is 21.5 Å². The molecule has 1 unspecified atom stereocenters. The minimum Gasteiger partial charge on any atom is -0.321 e. The van der Waals surface area contributed by atoms with E-state index < -0.39 is 5.25 Å². The van der Waals surface area contributed by atoms with Crippen molar-refractivity contribution in [3.05, 3.63) is 93.0 Å². The summed E-state index contributed by atoms with van der Waals surface area (Å²) in [5.74, 6) is -0.409. The number of carbonyl (C=O) groups excluding carboxylic acids is 2. The van der Waals surface area contributed by atoms with E-state index in [0.717, 1.165) is 10.6 Å². The van der Waals surface area contributed by atoms with Crippen molar-refractivity contribution in [1.82, 2.24) is 9.36 Å². The number of thioether (sulfide) groups is 1. The minimum atomic E-state index is -0.434. The molecular weight excluding hydrogens is 468 g/mol. The molecular formula is C25H24N4O3S2. The number of amides is 2. The van der Waals surface area contributed by atoms with E-state index in [2.05, 4.69) is 10.6 Å². The van der Waals surface area contributed by atoms with Gasteiger partial charge in [0.25, 0.3) is 11.5 Å². The first-order valence-electron chi connectivity index (χ1n) is 10.6. The highest BCUT2D eigenvalue weighted by Crippen LogP contribution is 2.26. The molecule has 2 amide bonds. The summed E-state index contributed by atoms with van der Waals surface area (Å²) in [4.78, 5) is 39.6. The summed E-state index contributed by atoms with van der Waals surface area (Å²) in [5, 5.41) is 7.09. The second-order valence-electron chi connectivity index (χ2n) is 7.64. The summed E-state index contributed by atoms with van der Waals surface area (Å²) in [6.07, 6.45) is 0. The Morgan fingerprint density at radius 1 is 0.971 bits per heavy atom. The van der Waals surface area contributed by atoms with E-state index in [4.69, 9.17) is 0 Å². The first kappa shape index (κ1) is 23.6. The molecule has 2 N–H and O–H groups in total. The van der Waals surface area contributed by atoms with Crippen LogP contribution in [0.15, 0.2) is 81.8 Å². The van der Waals surface area contributed by atoms with E-state index in [-0.39, 0.29) is 23.1 Å². The number of thiophene rings is 1. The maximum absolute atomic E-state index is 13.0. The summed E-state index contributed by atoms with van der Waals surface area (Å²) in [6.45, 7) is 3.60. The van der Waals surface area contributed by atoms with Gasteiger partial charge in [-0.1, -0.05) is 24.3 Å². The van der Waals surface area contributed by atoms with Crippen molar-refractivity contribution in [3.63, 3.8) is 0 Å². The zero-order chi connectivity index (χ0) is 24.2. The molecule has 0 aliphatic rings. The lowest BCUT2D eigenvalue weighted by Gasteiger charge is -2.12. The van der Waals surface area contributed by atoms with Crippen LogP contribution in [0.25, 0.3) is 5.69 Å². The van der Waals surface area contributed by atoms with Gasteiger partial charge in [0, 0.05) is 17.6 Å². The summed E-state index contributed by atoms with van der Waals surface area (Å²) in [5.41, 5.74) is 2.08. The van der Waals surface area contributed by atoms with Crippen LogP contribution in [0.5, 0.6) is 0 Å². The van der Waals surface area contributed by atoms with Crippen LogP contribution in [-0.4, -0.2) is 26.4 Å². The average molecular weight is 493 g/mol. The van der Waals surface area contributed by atoms with Crippen LogP contribution >= 0.6 is 23.1 Å². The van der Waals surface area contributed by atoms with Crippen molar-refractivity contribution in [2.75, 3.05) is 10.6 Å². The number of carbonyl (C=O) groups is 2. The Labute approximate surface area is 205 Å². The Morgan fingerprint density at radius 3 is 2.32 bits per heavy atom. The number of aromatic nitrogens is 2.